The number of hydrogen-bond acceptors (Lipinski definition) is 6. The van der Waals surface area contributed by atoms with Crippen LogP contribution in [0.25, 0.3) is 21.0 Å². The van der Waals surface area contributed by atoms with Gasteiger partial charge in [-0.1, -0.05) is 53.8 Å². The van der Waals surface area contributed by atoms with Crippen molar-refractivity contribution in [2.75, 3.05) is 11.9 Å². The molecule has 1 heterocycles. The van der Waals surface area contributed by atoms with Crippen LogP contribution in [-0.2, 0) is 4.74 Å². The van der Waals surface area contributed by atoms with Gasteiger partial charge in [-0.3, -0.25) is 0 Å². The minimum Gasteiger partial charge on any atom is -0.462 e. The van der Waals surface area contributed by atoms with E-state index in [1.54, 1.807) is 19.1 Å². The molecular formula is C21H19N3O2S. The van der Waals surface area contributed by atoms with Crippen molar-refractivity contribution in [2.24, 2.45) is 5.73 Å². The van der Waals surface area contributed by atoms with Gasteiger partial charge in [-0.2, -0.15) is 0 Å². The third-order valence-corrected chi connectivity index (χ3v) is 5.29. The molecule has 4 aromatic rings. The van der Waals surface area contributed by atoms with E-state index in [2.05, 4.69) is 28.5 Å². The lowest BCUT2D eigenvalue weighted by atomic mass is 10.0. The summed E-state index contributed by atoms with van der Waals surface area (Å²) in [5, 5.41) is 6.26. The molecule has 27 heavy (non-hydrogen) atoms. The van der Waals surface area contributed by atoms with E-state index in [1.807, 2.05) is 30.3 Å². The molecule has 0 aliphatic heterocycles. The zero-order chi connectivity index (χ0) is 18.8. The summed E-state index contributed by atoms with van der Waals surface area (Å²) in [4.78, 5) is 16.5. The Labute approximate surface area is 160 Å². The summed E-state index contributed by atoms with van der Waals surface area (Å²) in [6.07, 6.45) is -0.388. The molecule has 0 aliphatic carbocycles. The zero-order valence-electron chi connectivity index (χ0n) is 14.8. The Morgan fingerprint density at radius 3 is 2.85 bits per heavy atom. The molecule has 4 rings (SSSR count). The van der Waals surface area contributed by atoms with Gasteiger partial charge < -0.3 is 15.8 Å². The number of benzene rings is 3. The Kier molecular flexibility index (Phi) is 4.75. The first kappa shape index (κ1) is 17.5. The average molecular weight is 377 g/mol. The molecule has 3 aromatic carbocycles. The van der Waals surface area contributed by atoms with Crippen LogP contribution < -0.4 is 11.1 Å². The van der Waals surface area contributed by atoms with Crippen molar-refractivity contribution >= 4 is 43.4 Å². The summed E-state index contributed by atoms with van der Waals surface area (Å²) in [5.74, 6) is -0.324. The Hall–Kier alpha value is -2.96. The van der Waals surface area contributed by atoms with Crippen LogP contribution in [0.3, 0.4) is 0 Å². The number of thiazole rings is 1. The van der Waals surface area contributed by atoms with Gasteiger partial charge in [0.1, 0.15) is 6.17 Å². The molecule has 0 saturated carbocycles. The summed E-state index contributed by atoms with van der Waals surface area (Å²) in [6.45, 7) is 2.14. The van der Waals surface area contributed by atoms with Gasteiger partial charge in [-0.25, -0.2) is 9.78 Å². The van der Waals surface area contributed by atoms with E-state index in [0.29, 0.717) is 17.3 Å². The van der Waals surface area contributed by atoms with Crippen molar-refractivity contribution in [3.05, 3.63) is 71.8 Å². The number of aromatic nitrogens is 1. The normalized spacial score (nSPS) is 12.2. The van der Waals surface area contributed by atoms with Crippen molar-refractivity contribution < 1.29 is 9.53 Å². The van der Waals surface area contributed by atoms with E-state index >= 15 is 0 Å². The van der Waals surface area contributed by atoms with Crippen LogP contribution in [0.15, 0.2) is 60.7 Å². The van der Waals surface area contributed by atoms with Crippen molar-refractivity contribution in [1.82, 2.24) is 4.98 Å². The number of nitrogens with two attached hydrogens (primary N) is 1. The second-order valence-corrected chi connectivity index (χ2v) is 7.14. The van der Waals surface area contributed by atoms with Gasteiger partial charge in [0.2, 0.25) is 0 Å². The van der Waals surface area contributed by atoms with Crippen molar-refractivity contribution in [1.29, 1.82) is 0 Å². The third kappa shape index (κ3) is 3.49. The lowest BCUT2D eigenvalue weighted by Gasteiger charge is -2.15. The minimum absolute atomic E-state index is 0.324. The van der Waals surface area contributed by atoms with Crippen LogP contribution in [0.4, 0.5) is 5.13 Å². The number of nitrogens with one attached hydrogen (secondary N) is 1. The SMILES string of the molecule is CCOC(=O)c1ccc2nc(NC(N)c3cccc4ccccc34)sc2c1. The van der Waals surface area contributed by atoms with Gasteiger partial charge in [0.15, 0.2) is 5.13 Å². The first-order valence-corrected chi connectivity index (χ1v) is 9.55. The molecule has 0 fully saturated rings. The number of anilines is 1. The number of carbonyl (C=O) groups is 1. The monoisotopic (exact) mass is 377 g/mol. The lowest BCUT2D eigenvalue weighted by molar-refractivity contribution is 0.0526. The summed E-state index contributed by atoms with van der Waals surface area (Å²) in [6, 6.07) is 19.6. The molecule has 6 heteroatoms. The second-order valence-electron chi connectivity index (χ2n) is 6.11. The maximum absolute atomic E-state index is 11.9. The summed E-state index contributed by atoms with van der Waals surface area (Å²) < 4.78 is 5.97. The highest BCUT2D eigenvalue weighted by atomic mass is 32.1. The van der Waals surface area contributed by atoms with E-state index in [-0.39, 0.29) is 12.1 Å². The fraction of sp³-hybridized carbons (Fsp3) is 0.143. The quantitative estimate of drug-likeness (QED) is 0.389. The van der Waals surface area contributed by atoms with E-state index in [1.165, 1.54) is 11.3 Å². The number of fused-ring (bicyclic) bond motifs is 2. The molecule has 0 saturated heterocycles. The van der Waals surface area contributed by atoms with Crippen LogP contribution in [0.1, 0.15) is 29.0 Å². The molecule has 0 spiro atoms. The fourth-order valence-electron chi connectivity index (χ4n) is 3.06. The molecule has 1 unspecified atom stereocenters. The van der Waals surface area contributed by atoms with Gasteiger partial charge in [0.25, 0.3) is 0 Å². The van der Waals surface area contributed by atoms with Gasteiger partial charge in [0, 0.05) is 0 Å². The number of esters is 1. The van der Waals surface area contributed by atoms with Crippen molar-refractivity contribution in [2.45, 2.75) is 13.1 Å². The predicted octanol–water partition coefficient (Wildman–Crippen LogP) is 4.70. The van der Waals surface area contributed by atoms with Gasteiger partial charge in [-0.15, -0.1) is 0 Å². The lowest BCUT2D eigenvalue weighted by Crippen LogP contribution is -2.20. The van der Waals surface area contributed by atoms with Crippen LogP contribution in [-0.4, -0.2) is 17.6 Å². The average Bonchev–Trinajstić information content (AvgIpc) is 3.09. The number of carbonyl (C=O) groups excluding carboxylic acids is 1. The smallest absolute Gasteiger partial charge is 0.338 e. The first-order chi connectivity index (χ1) is 13.2. The van der Waals surface area contributed by atoms with Crippen molar-refractivity contribution in [3.63, 3.8) is 0 Å². The van der Waals surface area contributed by atoms with E-state index in [0.717, 1.165) is 26.6 Å². The number of hydrogen-bond donors (Lipinski definition) is 2. The fourth-order valence-corrected chi connectivity index (χ4v) is 4.00. The standard InChI is InChI=1S/C21H19N3O2S/c1-2-26-20(25)14-10-11-17-18(12-14)27-21(23-17)24-19(22)16-9-5-7-13-6-3-4-8-15(13)16/h3-12,19H,2,22H2,1H3,(H,23,24). The summed E-state index contributed by atoms with van der Waals surface area (Å²) >= 11 is 1.47. The molecule has 1 atom stereocenters. The highest BCUT2D eigenvalue weighted by Crippen LogP contribution is 2.30. The molecule has 1 aromatic heterocycles. The topological polar surface area (TPSA) is 77.2 Å². The van der Waals surface area contributed by atoms with E-state index < -0.39 is 0 Å². The molecular weight excluding hydrogens is 358 g/mol. The highest BCUT2D eigenvalue weighted by Gasteiger charge is 2.14. The maximum Gasteiger partial charge on any atom is 0.338 e. The Morgan fingerprint density at radius 1 is 1.19 bits per heavy atom. The number of nitrogens with zero attached hydrogens (tertiary/aromatic N) is 1. The van der Waals surface area contributed by atoms with Gasteiger partial charge >= 0.3 is 5.97 Å². The highest BCUT2D eigenvalue weighted by molar-refractivity contribution is 7.22. The summed E-state index contributed by atoms with van der Waals surface area (Å²) in [7, 11) is 0. The molecule has 5 nitrogen and oxygen atoms in total. The number of rotatable bonds is 5. The second kappa shape index (κ2) is 7.34. The Balaban J connectivity index is 1.62. The van der Waals surface area contributed by atoms with Crippen LogP contribution in [0, 0.1) is 0 Å². The van der Waals surface area contributed by atoms with Crippen LogP contribution in [0.5, 0.6) is 0 Å². The zero-order valence-corrected chi connectivity index (χ0v) is 15.6. The van der Waals surface area contributed by atoms with E-state index in [4.69, 9.17) is 10.5 Å². The van der Waals surface area contributed by atoms with Gasteiger partial charge in [-0.05, 0) is 41.5 Å². The molecule has 0 bridgehead atoms. The predicted molar refractivity (Wildman–Crippen MR) is 110 cm³/mol. The molecule has 0 amide bonds. The van der Waals surface area contributed by atoms with Gasteiger partial charge in [0.05, 0.1) is 22.4 Å². The molecule has 0 aliphatic rings. The largest absolute Gasteiger partial charge is 0.462 e. The van der Waals surface area contributed by atoms with Crippen molar-refractivity contribution in [3.8, 4) is 0 Å². The Bertz CT molecular complexity index is 1120. The van der Waals surface area contributed by atoms with Crippen LogP contribution in [0.2, 0.25) is 0 Å². The van der Waals surface area contributed by atoms with E-state index in [9.17, 15) is 4.79 Å². The Morgan fingerprint density at radius 2 is 2.00 bits per heavy atom. The summed E-state index contributed by atoms with van der Waals surface area (Å²) in [5.41, 5.74) is 8.77. The van der Waals surface area contributed by atoms with Crippen LogP contribution >= 0.6 is 11.3 Å². The molecule has 136 valence electrons. The number of ether oxygens (including phenoxy) is 1. The minimum atomic E-state index is -0.388. The molecule has 0 radical (unpaired) electrons. The first-order valence-electron chi connectivity index (χ1n) is 8.73. The molecule has 3 N–H and O–H groups in total. The third-order valence-electron chi connectivity index (χ3n) is 4.34. The maximum atomic E-state index is 11.9.